The van der Waals surface area contributed by atoms with Crippen LogP contribution in [0.15, 0.2) is 30.3 Å². The number of nitrogens with zero attached hydrogens (tertiary/aromatic N) is 1. The first-order valence-electron chi connectivity index (χ1n) is 7.35. The van der Waals surface area contributed by atoms with E-state index in [9.17, 15) is 4.79 Å². The molecule has 1 aromatic rings. The van der Waals surface area contributed by atoms with Crippen molar-refractivity contribution < 1.29 is 4.79 Å². The minimum Gasteiger partial charge on any atom is -0.343 e. The molecule has 1 saturated heterocycles. The summed E-state index contributed by atoms with van der Waals surface area (Å²) in [6.45, 7) is 1.81. The molecule has 3 nitrogen and oxygen atoms in total. The Morgan fingerprint density at radius 2 is 1.63 bits per heavy atom. The molecule has 0 spiro atoms. The molecule has 0 aromatic heterocycles. The standard InChI is InChI=1S/C16H24N2O/c17-15(14-9-5-4-6-10-14)13-16(19)18-11-7-2-1-3-8-12-18/h4-6,9-10,15H,1-3,7-8,11-13,17H2. The quantitative estimate of drug-likeness (QED) is 0.908. The molecular formula is C16H24N2O. The number of carbonyl (C=O) groups excluding carboxylic acids is 1. The second-order valence-electron chi connectivity index (χ2n) is 5.37. The van der Waals surface area contributed by atoms with Crippen LogP contribution < -0.4 is 5.73 Å². The van der Waals surface area contributed by atoms with E-state index in [4.69, 9.17) is 5.73 Å². The predicted molar refractivity (Wildman–Crippen MR) is 77.7 cm³/mol. The largest absolute Gasteiger partial charge is 0.343 e. The lowest BCUT2D eigenvalue weighted by molar-refractivity contribution is -0.131. The maximum Gasteiger partial charge on any atom is 0.224 e. The van der Waals surface area contributed by atoms with E-state index >= 15 is 0 Å². The molecular weight excluding hydrogens is 236 g/mol. The van der Waals surface area contributed by atoms with Crippen molar-refractivity contribution in [2.75, 3.05) is 13.1 Å². The van der Waals surface area contributed by atoms with Crippen molar-refractivity contribution in [3.63, 3.8) is 0 Å². The number of nitrogens with two attached hydrogens (primary N) is 1. The Morgan fingerprint density at radius 1 is 1.05 bits per heavy atom. The lowest BCUT2D eigenvalue weighted by atomic mass is 10.0. The molecule has 1 unspecified atom stereocenters. The van der Waals surface area contributed by atoms with Crippen LogP contribution in [0, 0.1) is 0 Å². The van der Waals surface area contributed by atoms with Crippen LogP contribution >= 0.6 is 0 Å². The van der Waals surface area contributed by atoms with Gasteiger partial charge >= 0.3 is 0 Å². The first-order chi connectivity index (χ1) is 9.27. The minimum atomic E-state index is -0.181. The van der Waals surface area contributed by atoms with Crippen LogP contribution in [0.25, 0.3) is 0 Å². The van der Waals surface area contributed by atoms with Gasteiger partial charge in [-0.2, -0.15) is 0 Å². The zero-order valence-electron chi connectivity index (χ0n) is 11.6. The Hall–Kier alpha value is -1.35. The van der Waals surface area contributed by atoms with Crippen LogP contribution in [0.5, 0.6) is 0 Å². The molecule has 0 aliphatic carbocycles. The van der Waals surface area contributed by atoms with Crippen LogP contribution in [0.4, 0.5) is 0 Å². The monoisotopic (exact) mass is 260 g/mol. The number of rotatable bonds is 3. The van der Waals surface area contributed by atoms with Gasteiger partial charge in [-0.3, -0.25) is 4.79 Å². The van der Waals surface area contributed by atoms with Crippen molar-refractivity contribution in [3.05, 3.63) is 35.9 Å². The Kier molecular flexibility index (Phi) is 5.40. The molecule has 0 saturated carbocycles. The Labute approximate surface area is 115 Å². The highest BCUT2D eigenvalue weighted by Crippen LogP contribution is 2.17. The van der Waals surface area contributed by atoms with Crippen LogP contribution in [-0.2, 0) is 4.79 Å². The van der Waals surface area contributed by atoms with Gasteiger partial charge in [-0.15, -0.1) is 0 Å². The first-order valence-corrected chi connectivity index (χ1v) is 7.35. The van der Waals surface area contributed by atoms with Gasteiger partial charge in [0, 0.05) is 25.6 Å². The van der Waals surface area contributed by atoms with E-state index < -0.39 is 0 Å². The molecule has 1 heterocycles. The highest BCUT2D eigenvalue weighted by atomic mass is 16.2. The molecule has 104 valence electrons. The zero-order valence-corrected chi connectivity index (χ0v) is 11.6. The predicted octanol–water partition coefficient (Wildman–Crippen LogP) is 2.87. The molecule has 1 fully saturated rings. The summed E-state index contributed by atoms with van der Waals surface area (Å²) in [5, 5.41) is 0. The average molecular weight is 260 g/mol. The van der Waals surface area contributed by atoms with E-state index in [1.165, 1.54) is 19.3 Å². The Balaban J connectivity index is 1.88. The number of hydrogen-bond acceptors (Lipinski definition) is 2. The van der Waals surface area contributed by atoms with Gasteiger partial charge in [0.05, 0.1) is 0 Å². The SMILES string of the molecule is NC(CC(=O)N1CCCCCCC1)c1ccccc1. The summed E-state index contributed by atoms with van der Waals surface area (Å²) in [6.07, 6.45) is 6.48. The normalized spacial score (nSPS) is 18.5. The highest BCUT2D eigenvalue weighted by molar-refractivity contribution is 5.77. The number of likely N-dealkylation sites (tertiary alicyclic amines) is 1. The van der Waals surface area contributed by atoms with E-state index in [0.29, 0.717) is 6.42 Å². The van der Waals surface area contributed by atoms with E-state index in [0.717, 1.165) is 31.5 Å². The molecule has 0 radical (unpaired) electrons. The van der Waals surface area contributed by atoms with Gasteiger partial charge in [-0.1, -0.05) is 49.6 Å². The summed E-state index contributed by atoms with van der Waals surface area (Å²) >= 11 is 0. The van der Waals surface area contributed by atoms with Crippen molar-refractivity contribution in [3.8, 4) is 0 Å². The summed E-state index contributed by atoms with van der Waals surface area (Å²) in [5.74, 6) is 0.207. The second kappa shape index (κ2) is 7.29. The molecule has 1 amide bonds. The summed E-state index contributed by atoms with van der Waals surface area (Å²) in [5.41, 5.74) is 7.17. The van der Waals surface area contributed by atoms with Crippen molar-refractivity contribution in [2.45, 2.75) is 44.6 Å². The molecule has 2 N–H and O–H groups in total. The fourth-order valence-electron chi connectivity index (χ4n) is 2.63. The topological polar surface area (TPSA) is 46.3 Å². The van der Waals surface area contributed by atoms with E-state index in [-0.39, 0.29) is 11.9 Å². The van der Waals surface area contributed by atoms with Gasteiger partial charge in [-0.05, 0) is 18.4 Å². The van der Waals surface area contributed by atoms with Crippen LogP contribution in [-0.4, -0.2) is 23.9 Å². The third kappa shape index (κ3) is 4.35. The van der Waals surface area contributed by atoms with Gasteiger partial charge in [0.2, 0.25) is 5.91 Å². The van der Waals surface area contributed by atoms with Gasteiger partial charge in [0.15, 0.2) is 0 Å². The second-order valence-corrected chi connectivity index (χ2v) is 5.37. The van der Waals surface area contributed by atoms with Crippen LogP contribution in [0.2, 0.25) is 0 Å². The van der Waals surface area contributed by atoms with Gasteiger partial charge < -0.3 is 10.6 Å². The number of carbonyl (C=O) groups is 1. The van der Waals surface area contributed by atoms with Crippen molar-refractivity contribution in [2.24, 2.45) is 5.73 Å². The summed E-state index contributed by atoms with van der Waals surface area (Å²) in [7, 11) is 0. The summed E-state index contributed by atoms with van der Waals surface area (Å²) in [6, 6.07) is 9.71. The molecule has 19 heavy (non-hydrogen) atoms. The fraction of sp³-hybridized carbons (Fsp3) is 0.562. The van der Waals surface area contributed by atoms with Gasteiger partial charge in [0.1, 0.15) is 0 Å². The highest BCUT2D eigenvalue weighted by Gasteiger charge is 2.18. The molecule has 3 heteroatoms. The third-order valence-electron chi connectivity index (χ3n) is 3.83. The number of benzene rings is 1. The fourth-order valence-corrected chi connectivity index (χ4v) is 2.63. The number of hydrogen-bond donors (Lipinski definition) is 1. The molecule has 0 bridgehead atoms. The molecule has 1 aliphatic rings. The average Bonchev–Trinajstić information content (AvgIpc) is 2.39. The van der Waals surface area contributed by atoms with Crippen LogP contribution in [0.3, 0.4) is 0 Å². The molecule has 1 aromatic carbocycles. The van der Waals surface area contributed by atoms with Gasteiger partial charge in [-0.25, -0.2) is 0 Å². The lowest BCUT2D eigenvalue weighted by Crippen LogP contribution is -2.35. The van der Waals surface area contributed by atoms with Crippen molar-refractivity contribution in [1.82, 2.24) is 4.90 Å². The first kappa shape index (κ1) is 14.1. The van der Waals surface area contributed by atoms with Gasteiger partial charge in [0.25, 0.3) is 0 Å². The summed E-state index contributed by atoms with van der Waals surface area (Å²) < 4.78 is 0. The lowest BCUT2D eigenvalue weighted by Gasteiger charge is -2.26. The van der Waals surface area contributed by atoms with E-state index in [1.807, 2.05) is 35.2 Å². The Morgan fingerprint density at radius 3 is 2.26 bits per heavy atom. The summed E-state index contributed by atoms with van der Waals surface area (Å²) in [4.78, 5) is 14.3. The maximum absolute atomic E-state index is 12.3. The molecule has 1 aliphatic heterocycles. The minimum absolute atomic E-state index is 0.181. The van der Waals surface area contributed by atoms with Crippen LogP contribution in [0.1, 0.15) is 50.1 Å². The smallest absolute Gasteiger partial charge is 0.224 e. The third-order valence-corrected chi connectivity index (χ3v) is 3.83. The van der Waals surface area contributed by atoms with E-state index in [1.54, 1.807) is 0 Å². The van der Waals surface area contributed by atoms with Crippen molar-refractivity contribution >= 4 is 5.91 Å². The zero-order chi connectivity index (χ0) is 13.5. The van der Waals surface area contributed by atoms with E-state index in [2.05, 4.69) is 0 Å². The Bertz CT molecular complexity index is 383. The molecule has 2 rings (SSSR count). The number of amides is 1. The maximum atomic E-state index is 12.3. The molecule has 1 atom stereocenters. The van der Waals surface area contributed by atoms with Crippen molar-refractivity contribution in [1.29, 1.82) is 0 Å².